The molecule has 174 valence electrons. The Hall–Kier alpha value is -4.18. The van der Waals surface area contributed by atoms with Gasteiger partial charge in [-0.1, -0.05) is 18.2 Å². The van der Waals surface area contributed by atoms with Crippen LogP contribution in [-0.2, 0) is 17.1 Å². The van der Waals surface area contributed by atoms with E-state index in [1.807, 2.05) is 19.1 Å². The molecule has 10 heteroatoms. The van der Waals surface area contributed by atoms with Crippen molar-refractivity contribution < 1.29 is 23.1 Å². The highest BCUT2D eigenvalue weighted by Crippen LogP contribution is 2.37. The predicted octanol–water partition coefficient (Wildman–Crippen LogP) is 5.01. The average molecular weight is 479 g/mol. The Morgan fingerprint density at radius 2 is 1.71 bits per heavy atom. The summed E-state index contributed by atoms with van der Waals surface area (Å²) in [5.41, 5.74) is 1.46. The van der Waals surface area contributed by atoms with E-state index in [9.17, 15) is 18.3 Å². The lowest BCUT2D eigenvalue weighted by atomic mass is 10.2. The van der Waals surface area contributed by atoms with Crippen molar-refractivity contribution in [3.63, 3.8) is 0 Å². The third kappa shape index (κ3) is 4.62. The second-order valence-electron chi connectivity index (χ2n) is 7.34. The number of aromatic hydroxyl groups is 1. The Bertz CT molecular complexity index is 1470. The minimum Gasteiger partial charge on any atom is -0.494 e. The summed E-state index contributed by atoms with van der Waals surface area (Å²) in [4.78, 5) is 12.6. The highest BCUT2D eigenvalue weighted by molar-refractivity contribution is 7.92. The normalized spacial score (nSPS) is 11.7. The zero-order chi connectivity index (χ0) is 24.3. The molecule has 0 atom stereocenters. The van der Waals surface area contributed by atoms with E-state index in [0.29, 0.717) is 17.7 Å². The number of aromatic nitrogens is 1. The molecular formula is C24H22N4O5S. The number of hydrogen-bond donors (Lipinski definition) is 2. The molecular weight excluding hydrogens is 456 g/mol. The fourth-order valence-electron chi connectivity index (χ4n) is 3.39. The average Bonchev–Trinajstić information content (AvgIpc) is 3.08. The molecule has 0 unspecified atom stereocenters. The number of fused-ring (bicyclic) bond motifs is 1. The van der Waals surface area contributed by atoms with Gasteiger partial charge in [0.2, 0.25) is 5.88 Å². The van der Waals surface area contributed by atoms with Gasteiger partial charge in [0.25, 0.3) is 15.9 Å². The minimum absolute atomic E-state index is 0.0831. The molecule has 0 aliphatic rings. The first kappa shape index (κ1) is 23.0. The molecule has 0 spiro atoms. The Morgan fingerprint density at radius 1 is 1.03 bits per heavy atom. The van der Waals surface area contributed by atoms with Crippen LogP contribution in [0.15, 0.2) is 87.9 Å². The summed E-state index contributed by atoms with van der Waals surface area (Å²) in [6.45, 7) is 2.33. The quantitative estimate of drug-likeness (QED) is 0.362. The van der Waals surface area contributed by atoms with Crippen molar-refractivity contribution in [1.29, 1.82) is 0 Å². The van der Waals surface area contributed by atoms with Crippen LogP contribution in [0.25, 0.3) is 10.9 Å². The van der Waals surface area contributed by atoms with Crippen LogP contribution in [-0.4, -0.2) is 30.6 Å². The maximum absolute atomic E-state index is 12.6. The number of amides is 1. The van der Waals surface area contributed by atoms with Gasteiger partial charge < -0.3 is 14.4 Å². The van der Waals surface area contributed by atoms with Crippen LogP contribution in [0.3, 0.4) is 0 Å². The van der Waals surface area contributed by atoms with Crippen molar-refractivity contribution in [2.45, 2.75) is 11.8 Å². The topological polar surface area (TPSA) is 122 Å². The second-order valence-corrected chi connectivity index (χ2v) is 9.02. The van der Waals surface area contributed by atoms with Crippen molar-refractivity contribution in [3.8, 4) is 11.6 Å². The van der Waals surface area contributed by atoms with Gasteiger partial charge in [0, 0.05) is 23.7 Å². The number of para-hydroxylation sites is 1. The van der Waals surface area contributed by atoms with E-state index < -0.39 is 15.9 Å². The number of sulfonamides is 1. The van der Waals surface area contributed by atoms with Gasteiger partial charge in [0.05, 0.1) is 17.0 Å². The van der Waals surface area contributed by atoms with Crippen LogP contribution in [0.5, 0.6) is 11.6 Å². The van der Waals surface area contributed by atoms with Crippen molar-refractivity contribution in [2.24, 2.45) is 17.3 Å². The monoisotopic (exact) mass is 478 g/mol. The zero-order valence-electron chi connectivity index (χ0n) is 18.5. The van der Waals surface area contributed by atoms with Gasteiger partial charge in [-0.2, -0.15) is 0 Å². The van der Waals surface area contributed by atoms with Crippen LogP contribution in [0.4, 0.5) is 11.4 Å². The fraction of sp³-hybridized carbons (Fsp3) is 0.125. The van der Waals surface area contributed by atoms with E-state index in [4.69, 9.17) is 4.74 Å². The van der Waals surface area contributed by atoms with Crippen molar-refractivity contribution in [1.82, 2.24) is 4.57 Å². The van der Waals surface area contributed by atoms with Gasteiger partial charge >= 0.3 is 0 Å². The van der Waals surface area contributed by atoms with Crippen LogP contribution in [0.2, 0.25) is 0 Å². The molecule has 3 aromatic carbocycles. The number of benzene rings is 3. The number of carbonyl (C=O) groups is 1. The molecule has 0 aliphatic carbocycles. The molecule has 1 aromatic heterocycles. The number of hydrogen-bond acceptors (Lipinski definition) is 6. The molecule has 34 heavy (non-hydrogen) atoms. The standard InChI is InChI=1S/C24H22N4O5S/c1-3-33-18-12-14-19(15-13-18)34(31,32)27-17-10-8-16(9-11-17)23(29)26-25-22-20-6-4-5-7-21(20)28(2)24(22)30/h4-15,27,30H,3H2,1-2H3. The molecule has 0 bridgehead atoms. The number of aryl methyl sites for hydroxylation is 1. The summed E-state index contributed by atoms with van der Waals surface area (Å²) in [7, 11) is -2.12. The highest BCUT2D eigenvalue weighted by atomic mass is 32.2. The molecule has 0 saturated carbocycles. The van der Waals surface area contributed by atoms with Crippen LogP contribution < -0.4 is 9.46 Å². The van der Waals surface area contributed by atoms with E-state index in [1.165, 1.54) is 36.4 Å². The number of rotatable bonds is 7. The van der Waals surface area contributed by atoms with Gasteiger partial charge in [-0.15, -0.1) is 10.2 Å². The lowest BCUT2D eigenvalue weighted by molar-refractivity contribution is 0.0995. The van der Waals surface area contributed by atoms with Gasteiger partial charge in [0.15, 0.2) is 5.69 Å². The number of nitrogens with one attached hydrogen (secondary N) is 1. The van der Waals surface area contributed by atoms with Gasteiger partial charge in [-0.3, -0.25) is 9.52 Å². The maximum atomic E-state index is 12.6. The molecule has 1 amide bonds. The molecule has 9 nitrogen and oxygen atoms in total. The molecule has 0 saturated heterocycles. The summed E-state index contributed by atoms with van der Waals surface area (Å²) in [5, 5.41) is 18.7. The first-order valence-electron chi connectivity index (χ1n) is 10.4. The molecule has 0 fully saturated rings. The number of azo groups is 1. The third-order valence-electron chi connectivity index (χ3n) is 5.12. The summed E-state index contributed by atoms with van der Waals surface area (Å²) in [5.74, 6) is -0.152. The van der Waals surface area contributed by atoms with Gasteiger partial charge in [0.1, 0.15) is 5.75 Å². The van der Waals surface area contributed by atoms with Crippen molar-refractivity contribution in [3.05, 3.63) is 78.4 Å². The smallest absolute Gasteiger partial charge is 0.295 e. The van der Waals surface area contributed by atoms with Gasteiger partial charge in [-0.05, 0) is 61.5 Å². The van der Waals surface area contributed by atoms with Crippen LogP contribution >= 0.6 is 0 Å². The molecule has 0 aliphatic heterocycles. The molecule has 1 heterocycles. The first-order chi connectivity index (χ1) is 16.3. The van der Waals surface area contributed by atoms with Crippen molar-refractivity contribution >= 4 is 38.2 Å². The van der Waals surface area contributed by atoms with E-state index in [1.54, 1.807) is 35.9 Å². The van der Waals surface area contributed by atoms with E-state index >= 15 is 0 Å². The predicted molar refractivity (Wildman–Crippen MR) is 128 cm³/mol. The van der Waals surface area contributed by atoms with Gasteiger partial charge in [-0.25, -0.2) is 8.42 Å². The second kappa shape index (κ2) is 9.36. The van der Waals surface area contributed by atoms with Crippen LogP contribution in [0, 0.1) is 0 Å². The lowest BCUT2D eigenvalue weighted by Crippen LogP contribution is -2.13. The Morgan fingerprint density at radius 3 is 2.38 bits per heavy atom. The molecule has 4 rings (SSSR count). The Kier molecular flexibility index (Phi) is 6.33. The molecule has 2 N–H and O–H groups in total. The highest BCUT2D eigenvalue weighted by Gasteiger charge is 2.16. The maximum Gasteiger partial charge on any atom is 0.295 e. The number of anilines is 1. The zero-order valence-corrected chi connectivity index (χ0v) is 19.3. The van der Waals surface area contributed by atoms with E-state index in [2.05, 4.69) is 15.0 Å². The number of nitrogens with zero attached hydrogens (tertiary/aromatic N) is 3. The Labute approximate surface area is 196 Å². The summed E-state index contributed by atoms with van der Waals surface area (Å²) in [6.07, 6.45) is 0. The van der Waals surface area contributed by atoms with E-state index in [0.717, 1.165) is 5.52 Å². The molecule has 0 radical (unpaired) electrons. The van der Waals surface area contributed by atoms with Crippen LogP contribution in [0.1, 0.15) is 17.3 Å². The summed E-state index contributed by atoms with van der Waals surface area (Å²) >= 11 is 0. The van der Waals surface area contributed by atoms with E-state index in [-0.39, 0.29) is 27.7 Å². The summed E-state index contributed by atoms with van der Waals surface area (Å²) in [6, 6.07) is 19.1. The fourth-order valence-corrected chi connectivity index (χ4v) is 4.45. The molecule has 4 aromatic rings. The largest absolute Gasteiger partial charge is 0.494 e. The number of ether oxygens (including phenoxy) is 1. The summed E-state index contributed by atoms with van der Waals surface area (Å²) < 4.78 is 34.6. The third-order valence-corrected chi connectivity index (χ3v) is 6.52. The number of carbonyl (C=O) groups excluding carboxylic acids is 1. The first-order valence-corrected chi connectivity index (χ1v) is 11.9. The lowest BCUT2D eigenvalue weighted by Gasteiger charge is -2.09. The SMILES string of the molecule is CCOc1ccc(S(=O)(=O)Nc2ccc(C(=O)N=Nc3c(O)n(C)c4ccccc34)cc2)cc1. The Balaban J connectivity index is 1.48. The van der Waals surface area contributed by atoms with Crippen molar-refractivity contribution in [2.75, 3.05) is 11.3 Å². The minimum atomic E-state index is -3.81.